The number of hydrogen-bond donors (Lipinski definition) is 1. The maximum absolute atomic E-state index is 8.54. The fraction of sp³-hybridized carbons (Fsp3) is 0.778. The summed E-state index contributed by atoms with van der Waals surface area (Å²) in [4.78, 5) is 0. The van der Waals surface area contributed by atoms with Crippen molar-refractivity contribution in [1.82, 2.24) is 5.43 Å². The number of nitrogens with zero attached hydrogens (tertiary/aromatic N) is 2. The first-order valence-electron chi connectivity index (χ1n) is 4.50. The Bertz CT molecular complexity index is 232. The van der Waals surface area contributed by atoms with Gasteiger partial charge in [0.25, 0.3) is 0 Å². The lowest BCUT2D eigenvalue weighted by Gasteiger charge is -2.05. The lowest BCUT2D eigenvalue weighted by molar-refractivity contribution is 0.622. The summed E-state index contributed by atoms with van der Waals surface area (Å²) in [6.07, 6.45) is 0. The van der Waals surface area contributed by atoms with Crippen molar-refractivity contribution < 1.29 is 0 Å². The second kappa shape index (κ2) is 5.13. The van der Waals surface area contributed by atoms with E-state index in [-0.39, 0.29) is 5.92 Å². The molecule has 2 unspecified atom stereocenters. The van der Waals surface area contributed by atoms with Crippen molar-refractivity contribution in [3.8, 4) is 6.07 Å². The van der Waals surface area contributed by atoms with Crippen LogP contribution in [0.15, 0.2) is 5.10 Å². The maximum Gasteiger partial charge on any atom is 0.0672 e. The fourth-order valence-corrected chi connectivity index (χ4v) is 2.27. The van der Waals surface area contributed by atoms with Crippen LogP contribution in [0.3, 0.4) is 0 Å². The van der Waals surface area contributed by atoms with Gasteiger partial charge in [0.05, 0.1) is 17.7 Å². The van der Waals surface area contributed by atoms with Crippen LogP contribution in [0, 0.1) is 23.2 Å². The highest BCUT2D eigenvalue weighted by molar-refractivity contribution is 8.00. The van der Waals surface area contributed by atoms with Gasteiger partial charge in [-0.05, 0) is 6.92 Å². The predicted molar refractivity (Wildman–Crippen MR) is 56.7 cm³/mol. The van der Waals surface area contributed by atoms with Crippen molar-refractivity contribution in [2.75, 3.05) is 18.1 Å². The van der Waals surface area contributed by atoms with Crippen molar-refractivity contribution in [2.24, 2.45) is 16.9 Å². The summed E-state index contributed by atoms with van der Waals surface area (Å²) in [5, 5.41) is 12.8. The van der Waals surface area contributed by atoms with Crippen molar-refractivity contribution in [1.29, 1.82) is 5.26 Å². The minimum Gasteiger partial charge on any atom is -0.309 e. The molecule has 0 radical (unpaired) electrons. The molecule has 4 heteroatoms. The van der Waals surface area contributed by atoms with Crippen LogP contribution in [-0.4, -0.2) is 23.8 Å². The normalized spacial score (nSPS) is 27.2. The van der Waals surface area contributed by atoms with Crippen LogP contribution in [0.25, 0.3) is 0 Å². The Morgan fingerprint density at radius 1 is 1.85 bits per heavy atom. The van der Waals surface area contributed by atoms with Gasteiger partial charge in [-0.2, -0.15) is 22.1 Å². The Labute approximate surface area is 83.6 Å². The first kappa shape index (κ1) is 10.4. The number of hydrazone groups is 1. The van der Waals surface area contributed by atoms with Crippen molar-refractivity contribution in [3.05, 3.63) is 0 Å². The molecular formula is C9H15N3S. The van der Waals surface area contributed by atoms with Gasteiger partial charge in [0.1, 0.15) is 0 Å². The van der Waals surface area contributed by atoms with Crippen LogP contribution in [0.1, 0.15) is 13.8 Å². The molecule has 1 aliphatic rings. The van der Waals surface area contributed by atoms with Crippen LogP contribution >= 0.6 is 11.8 Å². The summed E-state index contributed by atoms with van der Waals surface area (Å²) >= 11 is 1.92. The molecule has 0 aromatic carbocycles. The van der Waals surface area contributed by atoms with Crippen molar-refractivity contribution >= 4 is 17.5 Å². The molecule has 1 rings (SSSR count). The molecule has 0 aromatic rings. The van der Waals surface area contributed by atoms with Gasteiger partial charge in [0, 0.05) is 24.0 Å². The summed E-state index contributed by atoms with van der Waals surface area (Å²) < 4.78 is 0. The quantitative estimate of drug-likeness (QED) is 0.697. The summed E-state index contributed by atoms with van der Waals surface area (Å²) in [6.45, 7) is 4.73. The number of nitriles is 1. The second-order valence-corrected chi connectivity index (χ2v) is 4.44. The molecule has 2 atom stereocenters. The van der Waals surface area contributed by atoms with Gasteiger partial charge >= 0.3 is 0 Å². The average molecular weight is 197 g/mol. The molecule has 0 aromatic heterocycles. The summed E-state index contributed by atoms with van der Waals surface area (Å²) in [6, 6.07) is 2.16. The predicted octanol–water partition coefficient (Wildman–Crippen LogP) is 1.47. The molecule has 0 aliphatic carbocycles. The van der Waals surface area contributed by atoms with E-state index in [1.54, 1.807) is 0 Å². The molecule has 0 spiro atoms. The minimum absolute atomic E-state index is 0.0358. The van der Waals surface area contributed by atoms with E-state index in [9.17, 15) is 0 Å². The third-order valence-corrected chi connectivity index (χ3v) is 3.26. The molecule has 0 bridgehead atoms. The molecule has 0 amide bonds. The van der Waals surface area contributed by atoms with E-state index in [4.69, 9.17) is 5.26 Å². The number of thioether (sulfide) groups is 1. The zero-order valence-corrected chi connectivity index (χ0v) is 8.90. The highest BCUT2D eigenvalue weighted by atomic mass is 32.2. The number of nitrogens with one attached hydrogen (secondary N) is 1. The molecule has 1 saturated heterocycles. The zero-order valence-electron chi connectivity index (χ0n) is 8.08. The number of rotatable bonds is 3. The number of hydrogen-bond acceptors (Lipinski definition) is 4. The maximum atomic E-state index is 8.54. The standard InChI is InChI=1S/C9H15N3S/c1-7(3-10)4-11-12-9-6-13-5-8(9)2/h7-8,11H,4-6H2,1-2H3/b12-9+. The first-order chi connectivity index (χ1) is 6.24. The molecule has 1 heterocycles. The second-order valence-electron chi connectivity index (χ2n) is 3.41. The van der Waals surface area contributed by atoms with Crippen LogP contribution in [-0.2, 0) is 0 Å². The Balaban J connectivity index is 2.28. The first-order valence-corrected chi connectivity index (χ1v) is 5.66. The van der Waals surface area contributed by atoms with E-state index in [1.807, 2.05) is 18.7 Å². The summed E-state index contributed by atoms with van der Waals surface area (Å²) in [5.41, 5.74) is 4.19. The monoisotopic (exact) mass is 197 g/mol. The molecule has 1 aliphatic heterocycles. The van der Waals surface area contributed by atoms with Crippen molar-refractivity contribution in [2.45, 2.75) is 13.8 Å². The van der Waals surface area contributed by atoms with Crippen molar-refractivity contribution in [3.63, 3.8) is 0 Å². The lowest BCUT2D eigenvalue weighted by Crippen LogP contribution is -2.19. The molecule has 13 heavy (non-hydrogen) atoms. The zero-order chi connectivity index (χ0) is 9.68. The SMILES string of the molecule is CC(C#N)CN/N=C1\CSCC1C. The Hall–Kier alpha value is -0.690. The van der Waals surface area contributed by atoms with E-state index in [0.717, 1.165) is 5.75 Å². The van der Waals surface area contributed by atoms with Gasteiger partial charge in [-0.25, -0.2) is 0 Å². The third-order valence-electron chi connectivity index (χ3n) is 2.03. The Morgan fingerprint density at radius 3 is 3.15 bits per heavy atom. The van der Waals surface area contributed by atoms with E-state index in [0.29, 0.717) is 12.5 Å². The molecule has 1 fully saturated rings. The third kappa shape index (κ3) is 3.27. The van der Waals surface area contributed by atoms with Gasteiger partial charge in [0.15, 0.2) is 0 Å². The summed E-state index contributed by atoms with van der Waals surface area (Å²) in [7, 11) is 0. The van der Waals surface area contributed by atoms with E-state index >= 15 is 0 Å². The van der Waals surface area contributed by atoms with Gasteiger partial charge in [-0.15, -0.1) is 0 Å². The molecule has 3 nitrogen and oxygen atoms in total. The van der Waals surface area contributed by atoms with Crippen LogP contribution in [0.5, 0.6) is 0 Å². The molecule has 0 saturated carbocycles. The highest BCUT2D eigenvalue weighted by Gasteiger charge is 2.18. The average Bonchev–Trinajstić information content (AvgIpc) is 2.52. The van der Waals surface area contributed by atoms with Gasteiger partial charge in [0.2, 0.25) is 0 Å². The fourth-order valence-electron chi connectivity index (χ4n) is 1.05. The molecule has 72 valence electrons. The van der Waals surface area contributed by atoms with Gasteiger partial charge < -0.3 is 5.43 Å². The van der Waals surface area contributed by atoms with E-state index in [1.165, 1.54) is 11.5 Å². The Morgan fingerprint density at radius 2 is 2.62 bits per heavy atom. The van der Waals surface area contributed by atoms with Crippen LogP contribution in [0.4, 0.5) is 0 Å². The largest absolute Gasteiger partial charge is 0.309 e. The highest BCUT2D eigenvalue weighted by Crippen LogP contribution is 2.20. The summed E-state index contributed by atoms with van der Waals surface area (Å²) in [5.74, 6) is 2.84. The van der Waals surface area contributed by atoms with Crippen LogP contribution in [0.2, 0.25) is 0 Å². The smallest absolute Gasteiger partial charge is 0.0672 e. The molecule has 1 N–H and O–H groups in total. The topological polar surface area (TPSA) is 48.2 Å². The van der Waals surface area contributed by atoms with E-state index in [2.05, 4.69) is 23.5 Å². The minimum atomic E-state index is 0.0358. The Kier molecular flexibility index (Phi) is 4.10. The van der Waals surface area contributed by atoms with Crippen LogP contribution < -0.4 is 5.43 Å². The van der Waals surface area contributed by atoms with Gasteiger partial charge in [-0.3, -0.25) is 0 Å². The molecular weight excluding hydrogens is 182 g/mol. The van der Waals surface area contributed by atoms with Gasteiger partial charge in [-0.1, -0.05) is 6.92 Å². The van der Waals surface area contributed by atoms with E-state index < -0.39 is 0 Å². The lowest BCUT2D eigenvalue weighted by atomic mass is 10.1.